The zero-order chi connectivity index (χ0) is 15.9. The Labute approximate surface area is 133 Å². The van der Waals surface area contributed by atoms with E-state index in [0.29, 0.717) is 23.9 Å². The maximum absolute atomic E-state index is 11.3. The Kier molecular flexibility index (Phi) is 4.06. The summed E-state index contributed by atoms with van der Waals surface area (Å²) >= 11 is 6.00. The van der Waals surface area contributed by atoms with Gasteiger partial charge in [-0.1, -0.05) is 25.4 Å². The van der Waals surface area contributed by atoms with Gasteiger partial charge in [0.1, 0.15) is 11.2 Å². The molecular weight excluding hydrogens is 304 g/mol. The van der Waals surface area contributed by atoms with Crippen molar-refractivity contribution >= 4 is 28.6 Å². The molecule has 2 aromatic heterocycles. The summed E-state index contributed by atoms with van der Waals surface area (Å²) in [7, 11) is 0. The minimum absolute atomic E-state index is 0.00362. The van der Waals surface area contributed by atoms with E-state index in [4.69, 9.17) is 11.6 Å². The molecule has 1 aliphatic rings. The smallest absolute Gasteiger partial charge is 0.354 e. The highest BCUT2D eigenvalue weighted by atomic mass is 35.5. The molecule has 0 aromatic carbocycles. The quantitative estimate of drug-likeness (QED) is 0.908. The van der Waals surface area contributed by atoms with Crippen LogP contribution in [-0.2, 0) is 6.54 Å². The Hall–Kier alpha value is -1.66. The van der Waals surface area contributed by atoms with E-state index in [0.717, 1.165) is 24.2 Å². The number of aromatic amines is 1. The van der Waals surface area contributed by atoms with Crippen LogP contribution < -0.4 is 0 Å². The summed E-state index contributed by atoms with van der Waals surface area (Å²) in [5, 5.41) is 16.3. The van der Waals surface area contributed by atoms with Crippen LogP contribution in [0.1, 0.15) is 36.3 Å². The largest absolute Gasteiger partial charge is 0.477 e. The van der Waals surface area contributed by atoms with Crippen molar-refractivity contribution in [3.8, 4) is 0 Å². The Balaban J connectivity index is 1.97. The first kappa shape index (κ1) is 15.2. The molecule has 0 radical (unpaired) electrons. The molecule has 3 rings (SSSR count). The number of rotatable bonds is 3. The molecule has 6 nitrogen and oxygen atoms in total. The summed E-state index contributed by atoms with van der Waals surface area (Å²) in [6.07, 6.45) is 1.23. The fourth-order valence-corrected chi connectivity index (χ4v) is 3.61. The van der Waals surface area contributed by atoms with E-state index < -0.39 is 5.97 Å². The van der Waals surface area contributed by atoms with Gasteiger partial charge in [0, 0.05) is 19.6 Å². The Bertz CT molecular complexity index is 705. The fourth-order valence-electron chi connectivity index (χ4n) is 3.43. The van der Waals surface area contributed by atoms with Gasteiger partial charge in [0.15, 0.2) is 5.15 Å². The minimum Gasteiger partial charge on any atom is -0.477 e. The number of carboxylic acid groups (broad SMARTS) is 1. The zero-order valence-electron chi connectivity index (χ0n) is 12.6. The third-order valence-corrected chi connectivity index (χ3v) is 4.38. The predicted molar refractivity (Wildman–Crippen MR) is 84.1 cm³/mol. The average molecular weight is 323 g/mol. The van der Waals surface area contributed by atoms with Gasteiger partial charge in [-0.15, -0.1) is 0 Å². The van der Waals surface area contributed by atoms with E-state index in [1.807, 2.05) is 0 Å². The van der Waals surface area contributed by atoms with Crippen molar-refractivity contribution < 1.29 is 9.90 Å². The SMILES string of the molecule is C[C@@H]1C[C@H](C)CN(Cc2cc(C(=O)O)nc3c(Cl)n[nH]c23)C1. The second kappa shape index (κ2) is 5.85. The summed E-state index contributed by atoms with van der Waals surface area (Å²) < 4.78 is 0. The molecule has 22 heavy (non-hydrogen) atoms. The topological polar surface area (TPSA) is 82.1 Å². The van der Waals surface area contributed by atoms with Gasteiger partial charge in [0.2, 0.25) is 0 Å². The highest BCUT2D eigenvalue weighted by Gasteiger charge is 2.23. The van der Waals surface area contributed by atoms with E-state index in [-0.39, 0.29) is 10.8 Å². The Morgan fingerprint density at radius 3 is 2.77 bits per heavy atom. The minimum atomic E-state index is -1.05. The monoisotopic (exact) mass is 322 g/mol. The molecule has 118 valence electrons. The first-order valence-electron chi connectivity index (χ1n) is 7.43. The van der Waals surface area contributed by atoms with Gasteiger partial charge in [0.05, 0.1) is 5.52 Å². The number of likely N-dealkylation sites (tertiary alicyclic amines) is 1. The molecule has 0 spiro atoms. The Morgan fingerprint density at radius 1 is 1.45 bits per heavy atom. The number of nitrogens with one attached hydrogen (secondary N) is 1. The number of carboxylic acids is 1. The number of aromatic carboxylic acids is 1. The van der Waals surface area contributed by atoms with Gasteiger partial charge < -0.3 is 5.11 Å². The number of H-pyrrole nitrogens is 1. The molecule has 2 N–H and O–H groups in total. The molecular formula is C15H19ClN4O2. The fraction of sp³-hybridized carbons (Fsp3) is 0.533. The standard InChI is InChI=1S/C15H19ClN4O2/c1-8-3-9(2)6-20(5-8)7-10-4-11(15(21)22)17-13-12(10)18-19-14(13)16/h4,8-9H,3,5-7H2,1-2H3,(H,18,19)(H,21,22)/t8-,9+. The van der Waals surface area contributed by atoms with E-state index in [1.165, 1.54) is 6.42 Å². The number of piperidine rings is 1. The van der Waals surface area contributed by atoms with E-state index in [9.17, 15) is 9.90 Å². The first-order valence-corrected chi connectivity index (χ1v) is 7.81. The van der Waals surface area contributed by atoms with Crippen LogP contribution in [0.5, 0.6) is 0 Å². The van der Waals surface area contributed by atoms with Crippen LogP contribution in [0, 0.1) is 11.8 Å². The van der Waals surface area contributed by atoms with E-state index in [2.05, 4.69) is 33.9 Å². The number of fused-ring (bicyclic) bond motifs is 1. The molecule has 0 saturated carbocycles. The van der Waals surface area contributed by atoms with Crippen LogP contribution in [0.15, 0.2) is 6.07 Å². The van der Waals surface area contributed by atoms with Gasteiger partial charge in [-0.3, -0.25) is 10.00 Å². The Morgan fingerprint density at radius 2 is 2.14 bits per heavy atom. The average Bonchev–Trinajstić information content (AvgIpc) is 2.79. The van der Waals surface area contributed by atoms with Crippen molar-refractivity contribution in [3.05, 3.63) is 22.5 Å². The third-order valence-electron chi connectivity index (χ3n) is 4.12. The highest BCUT2D eigenvalue weighted by molar-refractivity contribution is 6.33. The normalized spacial score (nSPS) is 23.0. The van der Waals surface area contributed by atoms with Gasteiger partial charge in [-0.25, -0.2) is 9.78 Å². The lowest BCUT2D eigenvalue weighted by Crippen LogP contribution is -2.38. The molecule has 0 aliphatic carbocycles. The molecule has 0 bridgehead atoms. The maximum Gasteiger partial charge on any atom is 0.354 e. The van der Waals surface area contributed by atoms with Crippen LogP contribution in [0.25, 0.3) is 11.0 Å². The summed E-state index contributed by atoms with van der Waals surface area (Å²) in [6.45, 7) is 7.20. The molecule has 3 heterocycles. The number of nitrogens with zero attached hydrogens (tertiary/aromatic N) is 3. The highest BCUT2D eigenvalue weighted by Crippen LogP contribution is 2.27. The van der Waals surface area contributed by atoms with Crippen LogP contribution in [-0.4, -0.2) is 44.2 Å². The second-order valence-corrected chi connectivity index (χ2v) is 6.71. The van der Waals surface area contributed by atoms with Crippen LogP contribution in [0.2, 0.25) is 5.15 Å². The summed E-state index contributed by atoms with van der Waals surface area (Å²) in [6, 6.07) is 1.61. The first-order chi connectivity index (χ1) is 10.4. The lowest BCUT2D eigenvalue weighted by atomic mass is 9.91. The number of hydrogen-bond donors (Lipinski definition) is 2. The van der Waals surface area contributed by atoms with Crippen molar-refractivity contribution in [2.75, 3.05) is 13.1 Å². The maximum atomic E-state index is 11.3. The molecule has 1 aliphatic heterocycles. The lowest BCUT2D eigenvalue weighted by molar-refractivity contribution is 0.0690. The number of halogens is 1. The molecule has 2 aromatic rings. The summed E-state index contributed by atoms with van der Waals surface area (Å²) in [5.74, 6) is 0.233. The van der Waals surface area contributed by atoms with Crippen molar-refractivity contribution in [2.45, 2.75) is 26.8 Å². The second-order valence-electron chi connectivity index (χ2n) is 6.35. The van der Waals surface area contributed by atoms with Crippen molar-refractivity contribution in [1.82, 2.24) is 20.1 Å². The summed E-state index contributed by atoms with van der Waals surface area (Å²) in [4.78, 5) is 17.7. The van der Waals surface area contributed by atoms with Gasteiger partial charge in [-0.2, -0.15) is 5.10 Å². The molecule has 1 saturated heterocycles. The number of aromatic nitrogens is 3. The number of pyridine rings is 1. The molecule has 7 heteroatoms. The molecule has 1 fully saturated rings. The zero-order valence-corrected chi connectivity index (χ0v) is 13.4. The lowest BCUT2D eigenvalue weighted by Gasteiger charge is -2.35. The summed E-state index contributed by atoms with van der Waals surface area (Å²) in [5.41, 5.74) is 2.03. The van der Waals surface area contributed by atoms with Gasteiger partial charge in [0.25, 0.3) is 0 Å². The van der Waals surface area contributed by atoms with Gasteiger partial charge >= 0.3 is 5.97 Å². The molecule has 0 unspecified atom stereocenters. The molecule has 0 amide bonds. The third kappa shape index (κ3) is 2.94. The van der Waals surface area contributed by atoms with Crippen molar-refractivity contribution in [2.24, 2.45) is 11.8 Å². The number of hydrogen-bond acceptors (Lipinski definition) is 4. The number of carbonyl (C=O) groups is 1. The van der Waals surface area contributed by atoms with Crippen molar-refractivity contribution in [3.63, 3.8) is 0 Å². The van der Waals surface area contributed by atoms with Crippen molar-refractivity contribution in [1.29, 1.82) is 0 Å². The predicted octanol–water partition coefficient (Wildman–Crippen LogP) is 2.79. The van der Waals surface area contributed by atoms with Gasteiger partial charge in [-0.05, 0) is 29.9 Å². The van der Waals surface area contributed by atoms with E-state index >= 15 is 0 Å². The molecule has 2 atom stereocenters. The van der Waals surface area contributed by atoms with Crippen LogP contribution >= 0.6 is 11.6 Å². The van der Waals surface area contributed by atoms with Crippen LogP contribution in [0.3, 0.4) is 0 Å². The van der Waals surface area contributed by atoms with Crippen LogP contribution in [0.4, 0.5) is 0 Å². The van der Waals surface area contributed by atoms with E-state index in [1.54, 1.807) is 6.07 Å².